The smallest absolute Gasteiger partial charge is 0.207 e. The number of halogens is 3. The Morgan fingerprint density at radius 3 is 2.10 bits per heavy atom. The highest BCUT2D eigenvalue weighted by Crippen LogP contribution is 2.16. The lowest BCUT2D eigenvalue weighted by Crippen LogP contribution is -2.36. The molecule has 0 spiro atoms. The van der Waals surface area contributed by atoms with Crippen molar-refractivity contribution in [1.82, 2.24) is 4.72 Å². The molecule has 0 aliphatic rings. The van der Waals surface area contributed by atoms with Crippen molar-refractivity contribution < 1.29 is 25.6 Å². The largest absolute Gasteiger partial charge is 0.350 e. The van der Waals surface area contributed by atoms with E-state index in [1.54, 1.807) is 0 Å². The molecule has 1 N–H and O–H groups in total. The lowest BCUT2D eigenvalue weighted by atomic mass is 10.1. The van der Waals surface area contributed by atoms with Gasteiger partial charge in [0.1, 0.15) is 0 Å². The first-order valence-electron chi connectivity index (χ1n) is 5.85. The van der Waals surface area contributed by atoms with Crippen LogP contribution in [0.5, 0.6) is 0 Å². The summed E-state index contributed by atoms with van der Waals surface area (Å²) in [7, 11) is -3.23. The molecule has 1 unspecified atom stereocenters. The average Bonchev–Trinajstić information content (AvgIpc) is 2.35. The van der Waals surface area contributed by atoms with E-state index >= 15 is 0 Å². The molecule has 1 atom stereocenters. The minimum atomic E-state index is -4.61. The summed E-state index contributed by atoms with van der Waals surface area (Å²) >= 11 is 0. The molecule has 0 aromatic heterocycles. The maximum atomic E-state index is 12.2. The third-order valence-electron chi connectivity index (χ3n) is 2.67. The van der Waals surface area contributed by atoms with Crippen molar-refractivity contribution in [2.75, 3.05) is 0 Å². The summed E-state index contributed by atoms with van der Waals surface area (Å²) in [5.74, 6) is -3.46. The molecule has 0 heterocycles. The number of benzene rings is 1. The van der Waals surface area contributed by atoms with Crippen LogP contribution in [0.3, 0.4) is 0 Å². The van der Waals surface area contributed by atoms with Gasteiger partial charge < -0.3 is 0 Å². The minimum absolute atomic E-state index is 0.0423. The van der Waals surface area contributed by atoms with Crippen LogP contribution < -0.4 is 4.72 Å². The fraction of sp³-hybridized carbons (Fsp3) is 0.455. The molecule has 10 heteroatoms. The van der Waals surface area contributed by atoms with Gasteiger partial charge in [0, 0.05) is 16.7 Å². The van der Waals surface area contributed by atoms with Gasteiger partial charge in [0.25, 0.3) is 19.1 Å². The van der Waals surface area contributed by atoms with Crippen molar-refractivity contribution >= 4 is 29.8 Å². The summed E-state index contributed by atoms with van der Waals surface area (Å²) in [6.45, 7) is 1.47. The Kier molecular flexibility index (Phi) is 6.09. The molecule has 0 saturated carbocycles. The maximum absolute atomic E-state index is 12.2. The molecular weight excluding hydrogens is 348 g/mol. The predicted molar refractivity (Wildman–Crippen MR) is 75.3 cm³/mol. The number of nitrogens with one attached hydrogen (secondary N) is 1. The lowest BCUT2D eigenvalue weighted by molar-refractivity contribution is 0.231. The highest BCUT2D eigenvalue weighted by molar-refractivity contribution is 8.13. The Bertz CT molecular complexity index is 675. The number of hydrogen-bond donors (Lipinski definition) is 1. The van der Waals surface area contributed by atoms with Gasteiger partial charge in [-0.2, -0.15) is 8.78 Å². The molecule has 0 bridgehead atoms. The molecule has 0 aliphatic heterocycles. The van der Waals surface area contributed by atoms with E-state index in [1.165, 1.54) is 31.2 Å². The van der Waals surface area contributed by atoms with Crippen LogP contribution >= 0.6 is 10.7 Å². The number of aryl methyl sites for hydroxylation is 1. The third-order valence-corrected chi connectivity index (χ3v) is 5.24. The third kappa shape index (κ3) is 5.85. The van der Waals surface area contributed by atoms with Crippen LogP contribution in [0.25, 0.3) is 0 Å². The van der Waals surface area contributed by atoms with Gasteiger partial charge in [0.15, 0.2) is 0 Å². The van der Waals surface area contributed by atoms with Gasteiger partial charge in [-0.25, -0.2) is 21.6 Å². The first-order valence-corrected chi connectivity index (χ1v) is 9.71. The zero-order valence-electron chi connectivity index (χ0n) is 11.0. The van der Waals surface area contributed by atoms with Crippen LogP contribution in [0.15, 0.2) is 29.2 Å². The fourth-order valence-corrected chi connectivity index (χ4v) is 3.14. The van der Waals surface area contributed by atoms with Crippen LogP contribution in [-0.4, -0.2) is 28.6 Å². The Labute approximate surface area is 126 Å². The Hall–Kier alpha value is -0.770. The standard InChI is InChI=1S/C11H14ClF2NO4S2/c1-8(15-21(18,19)11(13)14)2-3-9-4-6-10(7-5-9)20(12,16)17/h4-8,11,15H,2-3H2,1H3. The predicted octanol–water partition coefficient (Wildman–Crippen LogP) is 2.08. The van der Waals surface area contributed by atoms with Crippen LogP contribution in [0, 0.1) is 0 Å². The van der Waals surface area contributed by atoms with Gasteiger partial charge >= 0.3 is 5.76 Å². The van der Waals surface area contributed by atoms with Crippen LogP contribution in [0.2, 0.25) is 0 Å². The molecular formula is C11H14ClF2NO4S2. The zero-order valence-corrected chi connectivity index (χ0v) is 13.4. The van der Waals surface area contributed by atoms with Gasteiger partial charge in [-0.3, -0.25) is 0 Å². The minimum Gasteiger partial charge on any atom is -0.207 e. The topological polar surface area (TPSA) is 80.3 Å². The Morgan fingerprint density at radius 1 is 1.14 bits per heavy atom. The summed E-state index contributed by atoms with van der Waals surface area (Å²) in [6.07, 6.45) is 0.689. The molecule has 0 radical (unpaired) electrons. The summed E-state index contributed by atoms with van der Waals surface area (Å²) < 4.78 is 70.2. The Balaban J connectivity index is 2.60. The van der Waals surface area contributed by atoms with Crippen molar-refractivity contribution in [2.45, 2.75) is 36.5 Å². The molecule has 5 nitrogen and oxygen atoms in total. The first-order chi connectivity index (χ1) is 9.52. The maximum Gasteiger partial charge on any atom is 0.350 e. The van der Waals surface area contributed by atoms with Gasteiger partial charge in [-0.1, -0.05) is 12.1 Å². The van der Waals surface area contributed by atoms with E-state index in [1.807, 2.05) is 4.72 Å². The van der Waals surface area contributed by atoms with E-state index in [0.29, 0.717) is 12.8 Å². The second-order valence-corrected chi connectivity index (χ2v) is 8.69. The van der Waals surface area contributed by atoms with E-state index in [0.717, 1.165) is 5.56 Å². The molecule has 1 rings (SSSR count). The molecule has 0 fully saturated rings. The van der Waals surface area contributed by atoms with Crippen molar-refractivity contribution in [3.05, 3.63) is 29.8 Å². The van der Waals surface area contributed by atoms with Crippen LogP contribution in [0.4, 0.5) is 8.78 Å². The van der Waals surface area contributed by atoms with E-state index in [4.69, 9.17) is 10.7 Å². The molecule has 1 aromatic rings. The molecule has 0 amide bonds. The van der Waals surface area contributed by atoms with Crippen molar-refractivity contribution in [3.63, 3.8) is 0 Å². The number of alkyl halides is 2. The SMILES string of the molecule is CC(CCc1ccc(S(=O)(=O)Cl)cc1)NS(=O)(=O)C(F)F. The second kappa shape index (κ2) is 6.99. The van der Waals surface area contributed by atoms with Gasteiger partial charge in [0.2, 0.25) is 0 Å². The van der Waals surface area contributed by atoms with E-state index in [9.17, 15) is 25.6 Å². The molecule has 1 aromatic carbocycles. The summed E-state index contributed by atoms with van der Waals surface area (Å²) in [5.41, 5.74) is 0.738. The van der Waals surface area contributed by atoms with Gasteiger partial charge in [0.05, 0.1) is 4.90 Å². The van der Waals surface area contributed by atoms with Gasteiger partial charge in [-0.15, -0.1) is 0 Å². The Morgan fingerprint density at radius 2 is 1.67 bits per heavy atom. The molecule has 120 valence electrons. The fourth-order valence-electron chi connectivity index (χ4n) is 1.59. The molecule has 21 heavy (non-hydrogen) atoms. The highest BCUT2D eigenvalue weighted by Gasteiger charge is 2.25. The number of hydrogen-bond acceptors (Lipinski definition) is 4. The van der Waals surface area contributed by atoms with Crippen LogP contribution in [-0.2, 0) is 25.5 Å². The summed E-state index contributed by atoms with van der Waals surface area (Å²) in [4.78, 5) is -0.0423. The summed E-state index contributed by atoms with van der Waals surface area (Å²) in [6, 6.07) is 5.05. The lowest BCUT2D eigenvalue weighted by Gasteiger charge is -2.13. The van der Waals surface area contributed by atoms with E-state index < -0.39 is 30.9 Å². The number of rotatable bonds is 7. The zero-order chi connectivity index (χ0) is 16.3. The van der Waals surface area contributed by atoms with E-state index in [-0.39, 0.29) is 4.90 Å². The first kappa shape index (κ1) is 18.3. The van der Waals surface area contributed by atoms with Crippen molar-refractivity contribution in [3.8, 4) is 0 Å². The van der Waals surface area contributed by atoms with Crippen LogP contribution in [0.1, 0.15) is 18.9 Å². The van der Waals surface area contributed by atoms with E-state index in [2.05, 4.69) is 0 Å². The molecule has 0 saturated heterocycles. The van der Waals surface area contributed by atoms with Gasteiger partial charge in [-0.05, 0) is 37.5 Å². The van der Waals surface area contributed by atoms with Crippen molar-refractivity contribution in [2.24, 2.45) is 0 Å². The molecule has 0 aliphatic carbocycles. The second-order valence-electron chi connectivity index (χ2n) is 4.45. The quantitative estimate of drug-likeness (QED) is 0.754. The highest BCUT2D eigenvalue weighted by atomic mass is 35.7. The number of sulfonamides is 1. The average molecular weight is 362 g/mol. The normalized spacial score (nSPS) is 14.3. The van der Waals surface area contributed by atoms with Crippen molar-refractivity contribution in [1.29, 1.82) is 0 Å². The summed E-state index contributed by atoms with van der Waals surface area (Å²) in [5, 5.41) is 0. The monoisotopic (exact) mass is 361 g/mol.